The molecule has 0 radical (unpaired) electrons. The molecule has 0 aliphatic carbocycles. The predicted molar refractivity (Wildman–Crippen MR) is 57.2 cm³/mol. The highest BCUT2D eigenvalue weighted by Crippen LogP contribution is 2.20. The quantitative estimate of drug-likeness (QED) is 0.532. The van der Waals surface area contributed by atoms with Gasteiger partial charge in [-0.1, -0.05) is 18.2 Å². The van der Waals surface area contributed by atoms with Gasteiger partial charge in [-0.15, -0.1) is 9.24 Å². The van der Waals surface area contributed by atoms with Crippen molar-refractivity contribution in [3.63, 3.8) is 0 Å². The summed E-state index contributed by atoms with van der Waals surface area (Å²) in [6.07, 6.45) is 0.920. The maximum Gasteiger partial charge on any atom is 0.122 e. The minimum absolute atomic E-state index is 0.609. The van der Waals surface area contributed by atoms with Crippen molar-refractivity contribution in [1.29, 1.82) is 0 Å². The number of hydrogen-bond acceptors (Lipinski definition) is 2. The van der Waals surface area contributed by atoms with Crippen molar-refractivity contribution in [3.05, 3.63) is 29.8 Å². The van der Waals surface area contributed by atoms with E-state index in [9.17, 15) is 0 Å². The zero-order valence-corrected chi connectivity index (χ0v) is 8.98. The minimum atomic E-state index is 0.609. The molecule has 0 heterocycles. The van der Waals surface area contributed by atoms with Crippen LogP contribution in [0.5, 0.6) is 5.75 Å². The Bertz CT molecular complexity index is 250. The molecule has 0 N–H and O–H groups in total. The summed E-state index contributed by atoms with van der Waals surface area (Å²) >= 11 is 0. The van der Waals surface area contributed by atoms with Gasteiger partial charge >= 0.3 is 0 Å². The molecule has 1 unspecified atom stereocenters. The molecule has 72 valence electrons. The number of rotatable bonds is 5. The predicted octanol–water partition coefficient (Wildman–Crippen LogP) is 2.09. The summed E-state index contributed by atoms with van der Waals surface area (Å²) in [6.45, 7) is 1.24. The van der Waals surface area contributed by atoms with E-state index in [0.29, 0.717) is 13.2 Å². The number of hydrogen-bond donors (Lipinski definition) is 0. The topological polar surface area (TPSA) is 18.5 Å². The molecule has 0 aromatic heterocycles. The third kappa shape index (κ3) is 3.33. The molecule has 3 heteroatoms. The normalized spacial score (nSPS) is 10.0. The van der Waals surface area contributed by atoms with Gasteiger partial charge in [0.1, 0.15) is 12.4 Å². The van der Waals surface area contributed by atoms with Crippen LogP contribution in [0.4, 0.5) is 0 Å². The van der Waals surface area contributed by atoms with Crippen molar-refractivity contribution in [3.8, 4) is 5.75 Å². The highest BCUT2D eigenvalue weighted by Gasteiger charge is 1.99. The summed E-state index contributed by atoms with van der Waals surface area (Å²) in [6, 6.07) is 8.04. The van der Waals surface area contributed by atoms with Crippen LogP contribution in [0, 0.1) is 0 Å². The third-order valence-electron chi connectivity index (χ3n) is 1.74. The second kappa shape index (κ2) is 5.95. The van der Waals surface area contributed by atoms with Crippen molar-refractivity contribution in [2.24, 2.45) is 0 Å². The van der Waals surface area contributed by atoms with Gasteiger partial charge in [0.25, 0.3) is 0 Å². The van der Waals surface area contributed by atoms with Gasteiger partial charge in [-0.05, 0) is 17.8 Å². The highest BCUT2D eigenvalue weighted by atomic mass is 31.0. The van der Waals surface area contributed by atoms with Crippen molar-refractivity contribution in [1.82, 2.24) is 0 Å². The summed E-state index contributed by atoms with van der Waals surface area (Å²) < 4.78 is 10.4. The molecule has 2 nitrogen and oxygen atoms in total. The van der Waals surface area contributed by atoms with Gasteiger partial charge in [-0.2, -0.15) is 0 Å². The Hall–Kier alpha value is -0.590. The Balaban J connectivity index is 2.54. The van der Waals surface area contributed by atoms with Gasteiger partial charge in [0.2, 0.25) is 0 Å². The zero-order chi connectivity index (χ0) is 9.52. The van der Waals surface area contributed by atoms with Crippen LogP contribution < -0.4 is 4.74 Å². The molecule has 1 aromatic carbocycles. The smallest absolute Gasteiger partial charge is 0.122 e. The largest absolute Gasteiger partial charge is 0.491 e. The lowest BCUT2D eigenvalue weighted by molar-refractivity contribution is 0.146. The molecule has 1 rings (SSSR count). The molecule has 0 saturated heterocycles. The van der Waals surface area contributed by atoms with Gasteiger partial charge in [0, 0.05) is 7.11 Å². The van der Waals surface area contributed by atoms with E-state index in [2.05, 4.69) is 15.3 Å². The fourth-order valence-corrected chi connectivity index (χ4v) is 1.39. The lowest BCUT2D eigenvalue weighted by atomic mass is 10.2. The Morgan fingerprint density at radius 1 is 1.23 bits per heavy atom. The minimum Gasteiger partial charge on any atom is -0.491 e. The third-order valence-corrected chi connectivity index (χ3v) is 2.18. The Kier molecular flexibility index (Phi) is 4.81. The summed E-state index contributed by atoms with van der Waals surface area (Å²) in [4.78, 5) is 0. The van der Waals surface area contributed by atoms with Crippen LogP contribution in [0.1, 0.15) is 5.56 Å². The van der Waals surface area contributed by atoms with Crippen LogP contribution in [0.15, 0.2) is 24.3 Å². The Morgan fingerprint density at radius 3 is 2.69 bits per heavy atom. The number of methoxy groups -OCH3 is 1. The first-order valence-electron chi connectivity index (χ1n) is 4.28. The van der Waals surface area contributed by atoms with Crippen molar-refractivity contribution in [2.75, 3.05) is 20.3 Å². The van der Waals surface area contributed by atoms with Gasteiger partial charge in [0.15, 0.2) is 0 Å². The van der Waals surface area contributed by atoms with E-state index in [0.717, 1.165) is 11.9 Å². The summed E-state index contributed by atoms with van der Waals surface area (Å²) in [7, 11) is 4.37. The van der Waals surface area contributed by atoms with Crippen LogP contribution in [0.25, 0.3) is 0 Å². The Morgan fingerprint density at radius 2 is 2.00 bits per heavy atom. The van der Waals surface area contributed by atoms with Gasteiger partial charge in [-0.25, -0.2) is 0 Å². The number of benzene rings is 1. The maximum atomic E-state index is 5.53. The monoisotopic (exact) mass is 198 g/mol. The second-order valence-corrected chi connectivity index (χ2v) is 3.06. The summed E-state index contributed by atoms with van der Waals surface area (Å²) in [5, 5.41) is 0. The average Bonchev–Trinajstić information content (AvgIpc) is 2.19. The molecule has 0 saturated carbocycles. The van der Waals surface area contributed by atoms with Crippen LogP contribution in [-0.4, -0.2) is 20.3 Å². The molecular formula is C10H15O2P. The molecule has 0 aliphatic rings. The first-order valence-corrected chi connectivity index (χ1v) is 5.10. The van der Waals surface area contributed by atoms with Gasteiger partial charge < -0.3 is 9.47 Å². The fourth-order valence-electron chi connectivity index (χ4n) is 1.05. The van der Waals surface area contributed by atoms with Crippen molar-refractivity contribution < 1.29 is 9.47 Å². The maximum absolute atomic E-state index is 5.53. The van der Waals surface area contributed by atoms with E-state index in [4.69, 9.17) is 9.47 Å². The molecule has 1 atom stereocenters. The highest BCUT2D eigenvalue weighted by molar-refractivity contribution is 7.15. The molecule has 0 spiro atoms. The molecule has 0 aliphatic heterocycles. The number of ether oxygens (including phenoxy) is 2. The van der Waals surface area contributed by atoms with E-state index in [1.807, 2.05) is 18.2 Å². The molecule has 0 fully saturated rings. The molecule has 13 heavy (non-hydrogen) atoms. The van der Waals surface area contributed by atoms with Gasteiger partial charge in [0.05, 0.1) is 6.61 Å². The lowest BCUT2D eigenvalue weighted by Gasteiger charge is -2.08. The van der Waals surface area contributed by atoms with E-state index < -0.39 is 0 Å². The number of para-hydroxylation sites is 1. The van der Waals surface area contributed by atoms with Crippen LogP contribution in [-0.2, 0) is 10.9 Å². The van der Waals surface area contributed by atoms with Crippen LogP contribution in [0.3, 0.4) is 0 Å². The fraction of sp³-hybridized carbons (Fsp3) is 0.400. The van der Waals surface area contributed by atoms with E-state index in [1.165, 1.54) is 5.56 Å². The SMILES string of the molecule is COCCOc1ccccc1CP. The molecular weight excluding hydrogens is 183 g/mol. The lowest BCUT2D eigenvalue weighted by Crippen LogP contribution is -2.05. The molecule has 0 amide bonds. The average molecular weight is 198 g/mol. The first-order chi connectivity index (χ1) is 6.38. The Labute approximate surface area is 81.4 Å². The van der Waals surface area contributed by atoms with E-state index >= 15 is 0 Å². The van der Waals surface area contributed by atoms with Gasteiger partial charge in [-0.3, -0.25) is 0 Å². The second-order valence-electron chi connectivity index (χ2n) is 2.65. The zero-order valence-electron chi connectivity index (χ0n) is 7.82. The van der Waals surface area contributed by atoms with E-state index in [-0.39, 0.29) is 0 Å². The molecule has 0 bridgehead atoms. The van der Waals surface area contributed by atoms with Crippen molar-refractivity contribution in [2.45, 2.75) is 6.16 Å². The van der Waals surface area contributed by atoms with Crippen molar-refractivity contribution >= 4 is 9.24 Å². The van der Waals surface area contributed by atoms with Crippen LogP contribution >= 0.6 is 9.24 Å². The standard InChI is InChI=1S/C10H15O2P/c1-11-6-7-12-10-5-3-2-4-9(10)8-13/h2-5H,6-8,13H2,1H3. The van der Waals surface area contributed by atoms with E-state index in [1.54, 1.807) is 7.11 Å². The molecule has 1 aromatic rings. The first kappa shape index (κ1) is 10.5. The van der Waals surface area contributed by atoms with Crippen LogP contribution in [0.2, 0.25) is 0 Å². The summed E-state index contributed by atoms with van der Waals surface area (Å²) in [5.74, 6) is 0.953. The summed E-state index contributed by atoms with van der Waals surface area (Å²) in [5.41, 5.74) is 1.21.